The predicted octanol–water partition coefficient (Wildman–Crippen LogP) is 4.68. The van der Waals surface area contributed by atoms with E-state index in [2.05, 4.69) is 62.2 Å². The van der Waals surface area contributed by atoms with E-state index < -0.39 is 0 Å². The third-order valence-corrected chi connectivity index (χ3v) is 5.07. The molecule has 4 rings (SSSR count). The van der Waals surface area contributed by atoms with Gasteiger partial charge in [0, 0.05) is 25.2 Å². The first-order chi connectivity index (χ1) is 15.1. The standard InChI is InChI=1S/C24H28N6O.HI/c1-4-25-24(26-13-14-30-18(3)28-21-7-5-6-8-22(21)30)27-15-20-16-31-23(29-20)19-11-9-17(2)10-12-19;/h5-12,16H,4,13-15H2,1-3H3,(H2,25,26,27);1H. The van der Waals surface area contributed by atoms with Gasteiger partial charge in [0.1, 0.15) is 17.8 Å². The smallest absolute Gasteiger partial charge is 0.226 e. The molecule has 2 N–H and O–H groups in total. The van der Waals surface area contributed by atoms with E-state index in [1.807, 2.05) is 37.3 Å². The molecule has 168 valence electrons. The molecular formula is C24H29IN6O. The van der Waals surface area contributed by atoms with Crippen molar-refractivity contribution in [3.8, 4) is 11.5 Å². The Labute approximate surface area is 205 Å². The van der Waals surface area contributed by atoms with E-state index >= 15 is 0 Å². The molecule has 0 aliphatic carbocycles. The molecule has 32 heavy (non-hydrogen) atoms. The predicted molar refractivity (Wildman–Crippen MR) is 139 cm³/mol. The average Bonchev–Trinajstić information content (AvgIpc) is 3.37. The first-order valence-electron chi connectivity index (χ1n) is 10.6. The fourth-order valence-electron chi connectivity index (χ4n) is 3.47. The lowest BCUT2D eigenvalue weighted by molar-refractivity contribution is 0.572. The molecule has 0 aliphatic heterocycles. The van der Waals surface area contributed by atoms with Crippen LogP contribution in [0.4, 0.5) is 0 Å². The number of para-hydroxylation sites is 2. The summed E-state index contributed by atoms with van der Waals surface area (Å²) in [7, 11) is 0. The highest BCUT2D eigenvalue weighted by Crippen LogP contribution is 2.19. The summed E-state index contributed by atoms with van der Waals surface area (Å²) in [6, 6.07) is 16.3. The fraction of sp³-hybridized carbons (Fsp3) is 0.292. The van der Waals surface area contributed by atoms with E-state index in [4.69, 9.17) is 4.42 Å². The number of nitrogens with one attached hydrogen (secondary N) is 2. The molecule has 0 unspecified atom stereocenters. The Hall–Kier alpha value is -2.88. The first-order valence-corrected chi connectivity index (χ1v) is 10.6. The Morgan fingerprint density at radius 3 is 2.59 bits per heavy atom. The fourth-order valence-corrected chi connectivity index (χ4v) is 3.47. The van der Waals surface area contributed by atoms with Gasteiger partial charge in [-0.25, -0.2) is 15.0 Å². The molecular weight excluding hydrogens is 515 g/mol. The van der Waals surface area contributed by atoms with Crippen molar-refractivity contribution >= 4 is 41.0 Å². The molecule has 0 fully saturated rings. The lowest BCUT2D eigenvalue weighted by Gasteiger charge is -2.12. The van der Waals surface area contributed by atoms with Crippen LogP contribution in [0.2, 0.25) is 0 Å². The normalized spacial score (nSPS) is 11.4. The summed E-state index contributed by atoms with van der Waals surface area (Å²) < 4.78 is 7.86. The minimum Gasteiger partial charge on any atom is -0.444 e. The number of guanidine groups is 1. The van der Waals surface area contributed by atoms with Gasteiger partial charge in [0.05, 0.1) is 17.6 Å². The Balaban J connectivity index is 0.00000289. The molecule has 2 aromatic carbocycles. The zero-order chi connectivity index (χ0) is 21.6. The van der Waals surface area contributed by atoms with Gasteiger partial charge in [0.2, 0.25) is 5.89 Å². The Kier molecular flexibility index (Phi) is 8.26. The number of imidazole rings is 1. The van der Waals surface area contributed by atoms with Gasteiger partial charge in [-0.15, -0.1) is 24.0 Å². The summed E-state index contributed by atoms with van der Waals surface area (Å²) in [4.78, 5) is 13.8. The number of fused-ring (bicyclic) bond motifs is 1. The number of hydrogen-bond acceptors (Lipinski definition) is 4. The first kappa shape index (κ1) is 23.8. The molecule has 8 heteroatoms. The Morgan fingerprint density at radius 2 is 1.81 bits per heavy atom. The van der Waals surface area contributed by atoms with Gasteiger partial charge in [0.15, 0.2) is 5.96 Å². The summed E-state index contributed by atoms with van der Waals surface area (Å²) in [6.45, 7) is 8.92. The number of benzene rings is 2. The van der Waals surface area contributed by atoms with Crippen LogP contribution in [0, 0.1) is 13.8 Å². The van der Waals surface area contributed by atoms with Gasteiger partial charge in [-0.2, -0.15) is 0 Å². The number of aryl methyl sites for hydroxylation is 2. The molecule has 0 spiro atoms. The summed E-state index contributed by atoms with van der Waals surface area (Å²) in [5.41, 5.74) is 5.14. The van der Waals surface area contributed by atoms with Gasteiger partial charge in [-0.05, 0) is 45.0 Å². The maximum absolute atomic E-state index is 5.64. The zero-order valence-electron chi connectivity index (χ0n) is 18.6. The van der Waals surface area contributed by atoms with Crippen LogP contribution in [-0.4, -0.2) is 33.6 Å². The van der Waals surface area contributed by atoms with Gasteiger partial charge in [-0.3, -0.25) is 0 Å². The maximum Gasteiger partial charge on any atom is 0.226 e. The van der Waals surface area contributed by atoms with Gasteiger partial charge in [-0.1, -0.05) is 29.8 Å². The number of aliphatic imine (C=N–C) groups is 1. The molecule has 2 aromatic heterocycles. The largest absolute Gasteiger partial charge is 0.444 e. The highest BCUT2D eigenvalue weighted by atomic mass is 127. The topological polar surface area (TPSA) is 80.3 Å². The van der Waals surface area contributed by atoms with Crippen molar-refractivity contribution in [3.05, 3.63) is 71.9 Å². The molecule has 0 saturated heterocycles. The summed E-state index contributed by atoms with van der Waals surface area (Å²) in [5.74, 6) is 2.38. The molecule has 0 bridgehead atoms. The van der Waals surface area contributed by atoms with Crippen LogP contribution in [0.15, 0.2) is 64.2 Å². The minimum absolute atomic E-state index is 0. The number of oxazole rings is 1. The van der Waals surface area contributed by atoms with Crippen LogP contribution >= 0.6 is 24.0 Å². The van der Waals surface area contributed by atoms with E-state index in [0.717, 1.165) is 53.7 Å². The van der Waals surface area contributed by atoms with Crippen molar-refractivity contribution in [2.75, 3.05) is 13.1 Å². The third-order valence-electron chi connectivity index (χ3n) is 5.07. The van der Waals surface area contributed by atoms with Crippen molar-refractivity contribution in [1.29, 1.82) is 0 Å². The van der Waals surface area contributed by atoms with Crippen molar-refractivity contribution in [1.82, 2.24) is 25.2 Å². The van der Waals surface area contributed by atoms with Crippen molar-refractivity contribution in [2.45, 2.75) is 33.9 Å². The molecule has 0 amide bonds. The Bertz CT molecular complexity index is 1180. The summed E-state index contributed by atoms with van der Waals surface area (Å²) in [6.07, 6.45) is 1.67. The lowest BCUT2D eigenvalue weighted by Crippen LogP contribution is -2.38. The van der Waals surface area contributed by atoms with Crippen molar-refractivity contribution < 1.29 is 4.42 Å². The summed E-state index contributed by atoms with van der Waals surface area (Å²) in [5, 5.41) is 6.68. The van der Waals surface area contributed by atoms with E-state index in [-0.39, 0.29) is 24.0 Å². The highest BCUT2D eigenvalue weighted by molar-refractivity contribution is 14.0. The number of halogens is 1. The Morgan fingerprint density at radius 1 is 1.03 bits per heavy atom. The van der Waals surface area contributed by atoms with E-state index in [9.17, 15) is 0 Å². The van der Waals surface area contributed by atoms with E-state index in [1.165, 1.54) is 5.56 Å². The van der Waals surface area contributed by atoms with Crippen molar-refractivity contribution in [2.24, 2.45) is 4.99 Å². The second-order valence-corrected chi connectivity index (χ2v) is 7.43. The summed E-state index contributed by atoms with van der Waals surface area (Å²) >= 11 is 0. The quantitative estimate of drug-likeness (QED) is 0.201. The molecule has 0 atom stereocenters. The zero-order valence-corrected chi connectivity index (χ0v) is 21.0. The molecule has 0 aliphatic rings. The van der Waals surface area contributed by atoms with E-state index in [0.29, 0.717) is 12.4 Å². The van der Waals surface area contributed by atoms with Crippen LogP contribution in [0.5, 0.6) is 0 Å². The number of hydrogen-bond donors (Lipinski definition) is 2. The number of rotatable bonds is 7. The molecule has 4 aromatic rings. The SMILES string of the molecule is CCNC(=NCc1coc(-c2ccc(C)cc2)n1)NCCn1c(C)nc2ccccc21.I. The highest BCUT2D eigenvalue weighted by Gasteiger charge is 2.08. The maximum atomic E-state index is 5.64. The molecule has 0 radical (unpaired) electrons. The van der Waals surface area contributed by atoms with Crippen LogP contribution < -0.4 is 10.6 Å². The number of aromatic nitrogens is 3. The second-order valence-electron chi connectivity index (χ2n) is 7.43. The van der Waals surface area contributed by atoms with Crippen LogP contribution in [0.25, 0.3) is 22.5 Å². The number of nitrogens with zero attached hydrogens (tertiary/aromatic N) is 4. The van der Waals surface area contributed by atoms with Crippen LogP contribution in [-0.2, 0) is 13.1 Å². The van der Waals surface area contributed by atoms with Gasteiger partial charge >= 0.3 is 0 Å². The van der Waals surface area contributed by atoms with Gasteiger partial charge in [0.25, 0.3) is 0 Å². The third kappa shape index (κ3) is 5.67. The van der Waals surface area contributed by atoms with Gasteiger partial charge < -0.3 is 19.6 Å². The molecule has 7 nitrogen and oxygen atoms in total. The van der Waals surface area contributed by atoms with E-state index in [1.54, 1.807) is 6.26 Å². The minimum atomic E-state index is 0. The monoisotopic (exact) mass is 544 g/mol. The molecule has 0 saturated carbocycles. The van der Waals surface area contributed by atoms with Crippen molar-refractivity contribution in [3.63, 3.8) is 0 Å². The van der Waals surface area contributed by atoms with Crippen LogP contribution in [0.1, 0.15) is 24.0 Å². The second kappa shape index (κ2) is 11.1. The van der Waals surface area contributed by atoms with Crippen LogP contribution in [0.3, 0.4) is 0 Å². The average molecular weight is 544 g/mol. The molecule has 2 heterocycles. The lowest BCUT2D eigenvalue weighted by atomic mass is 10.1.